The first kappa shape index (κ1) is 15.5. The molecule has 2 unspecified atom stereocenters. The zero-order valence-corrected chi connectivity index (χ0v) is 12.8. The van der Waals surface area contributed by atoms with Gasteiger partial charge in [0.2, 0.25) is 0 Å². The van der Waals surface area contributed by atoms with Gasteiger partial charge in [-0.2, -0.15) is 0 Å². The van der Waals surface area contributed by atoms with E-state index in [1.54, 1.807) is 6.07 Å². The highest BCUT2D eigenvalue weighted by molar-refractivity contribution is 5.36. The maximum absolute atomic E-state index is 13.8. The van der Waals surface area contributed by atoms with Crippen LogP contribution in [0.5, 0.6) is 5.75 Å². The highest BCUT2D eigenvalue weighted by Crippen LogP contribution is 2.27. The first-order chi connectivity index (χ1) is 10.1. The van der Waals surface area contributed by atoms with Crippen LogP contribution in [0, 0.1) is 5.82 Å². The Labute approximate surface area is 126 Å². The molecule has 0 heterocycles. The predicted octanol–water partition coefficient (Wildman–Crippen LogP) is 4.64. The summed E-state index contributed by atoms with van der Waals surface area (Å²) in [6, 6.07) is 14.8. The van der Waals surface area contributed by atoms with Gasteiger partial charge in [0.15, 0.2) is 0 Å². The second-order valence-corrected chi connectivity index (χ2v) is 5.10. The SMILES string of the molecule is CCOc1ccccc1C(C)NC(C)c1ccccc1F. The van der Waals surface area contributed by atoms with Crippen LogP contribution in [0.15, 0.2) is 48.5 Å². The zero-order chi connectivity index (χ0) is 15.2. The molecular formula is C18H22FNO. The monoisotopic (exact) mass is 287 g/mol. The summed E-state index contributed by atoms with van der Waals surface area (Å²) in [7, 11) is 0. The largest absolute Gasteiger partial charge is 0.494 e. The van der Waals surface area contributed by atoms with Crippen molar-refractivity contribution in [3.63, 3.8) is 0 Å². The number of hydrogen-bond donors (Lipinski definition) is 1. The third-order valence-electron chi connectivity index (χ3n) is 3.56. The number of ether oxygens (including phenoxy) is 1. The summed E-state index contributed by atoms with van der Waals surface area (Å²) in [5, 5.41) is 3.43. The van der Waals surface area contributed by atoms with E-state index in [1.165, 1.54) is 6.07 Å². The fraction of sp³-hybridized carbons (Fsp3) is 0.333. The van der Waals surface area contributed by atoms with E-state index in [2.05, 4.69) is 12.2 Å². The highest BCUT2D eigenvalue weighted by Gasteiger charge is 2.16. The normalized spacial score (nSPS) is 13.7. The van der Waals surface area contributed by atoms with Crippen LogP contribution in [0.2, 0.25) is 0 Å². The van der Waals surface area contributed by atoms with Crippen LogP contribution in [-0.4, -0.2) is 6.61 Å². The van der Waals surface area contributed by atoms with Gasteiger partial charge >= 0.3 is 0 Å². The molecule has 0 saturated carbocycles. The van der Waals surface area contributed by atoms with Crippen LogP contribution in [0.3, 0.4) is 0 Å². The first-order valence-corrected chi connectivity index (χ1v) is 7.35. The third-order valence-corrected chi connectivity index (χ3v) is 3.56. The van der Waals surface area contributed by atoms with E-state index < -0.39 is 0 Å². The minimum absolute atomic E-state index is 0.0716. The van der Waals surface area contributed by atoms with Gasteiger partial charge < -0.3 is 10.1 Å². The molecule has 2 aromatic rings. The molecule has 0 bridgehead atoms. The molecule has 0 aliphatic carbocycles. The quantitative estimate of drug-likeness (QED) is 0.836. The van der Waals surface area contributed by atoms with Crippen molar-refractivity contribution in [1.29, 1.82) is 0 Å². The van der Waals surface area contributed by atoms with Crippen molar-refractivity contribution in [3.05, 3.63) is 65.5 Å². The smallest absolute Gasteiger partial charge is 0.127 e. The van der Waals surface area contributed by atoms with Gasteiger partial charge in [-0.25, -0.2) is 4.39 Å². The Bertz CT molecular complexity index is 585. The summed E-state index contributed by atoms with van der Waals surface area (Å²) in [4.78, 5) is 0. The average molecular weight is 287 g/mol. The Hall–Kier alpha value is -1.87. The van der Waals surface area contributed by atoms with E-state index in [9.17, 15) is 4.39 Å². The molecule has 0 amide bonds. The molecule has 0 aromatic heterocycles. The molecule has 0 aliphatic rings. The maximum Gasteiger partial charge on any atom is 0.127 e. The van der Waals surface area contributed by atoms with E-state index in [1.807, 2.05) is 50.2 Å². The second-order valence-electron chi connectivity index (χ2n) is 5.10. The van der Waals surface area contributed by atoms with Gasteiger partial charge in [0.25, 0.3) is 0 Å². The van der Waals surface area contributed by atoms with Crippen molar-refractivity contribution in [3.8, 4) is 5.75 Å². The van der Waals surface area contributed by atoms with E-state index in [-0.39, 0.29) is 17.9 Å². The molecule has 21 heavy (non-hydrogen) atoms. The lowest BCUT2D eigenvalue weighted by atomic mass is 10.0. The molecule has 2 aromatic carbocycles. The van der Waals surface area contributed by atoms with Crippen LogP contribution in [-0.2, 0) is 0 Å². The van der Waals surface area contributed by atoms with Crippen LogP contribution >= 0.6 is 0 Å². The summed E-state index contributed by atoms with van der Waals surface area (Å²) in [6.07, 6.45) is 0. The molecule has 0 spiro atoms. The highest BCUT2D eigenvalue weighted by atomic mass is 19.1. The van der Waals surface area contributed by atoms with E-state index in [4.69, 9.17) is 4.74 Å². The van der Waals surface area contributed by atoms with Crippen LogP contribution in [0.1, 0.15) is 44.0 Å². The van der Waals surface area contributed by atoms with Gasteiger partial charge in [-0.3, -0.25) is 0 Å². The van der Waals surface area contributed by atoms with Gasteiger partial charge in [-0.05, 0) is 32.9 Å². The summed E-state index contributed by atoms with van der Waals surface area (Å²) in [6.45, 7) is 6.64. The van der Waals surface area contributed by atoms with Gasteiger partial charge in [-0.1, -0.05) is 36.4 Å². The Balaban J connectivity index is 2.14. The number of halogens is 1. The van der Waals surface area contributed by atoms with Gasteiger partial charge in [0.1, 0.15) is 11.6 Å². The fourth-order valence-electron chi connectivity index (χ4n) is 2.51. The van der Waals surface area contributed by atoms with Gasteiger partial charge in [0.05, 0.1) is 6.61 Å². The van der Waals surface area contributed by atoms with Crippen molar-refractivity contribution in [2.24, 2.45) is 0 Å². The van der Waals surface area contributed by atoms with Crippen LogP contribution in [0.25, 0.3) is 0 Å². The molecule has 2 rings (SSSR count). The molecule has 112 valence electrons. The van der Waals surface area contributed by atoms with Crippen LogP contribution in [0.4, 0.5) is 4.39 Å². The Kier molecular flexibility index (Phi) is 5.34. The lowest BCUT2D eigenvalue weighted by Gasteiger charge is -2.23. The predicted molar refractivity (Wildman–Crippen MR) is 84.0 cm³/mol. The fourth-order valence-corrected chi connectivity index (χ4v) is 2.51. The second kappa shape index (κ2) is 7.23. The molecule has 0 fully saturated rings. The number of benzene rings is 2. The molecular weight excluding hydrogens is 265 g/mol. The molecule has 0 saturated heterocycles. The first-order valence-electron chi connectivity index (χ1n) is 7.35. The lowest BCUT2D eigenvalue weighted by Crippen LogP contribution is -2.23. The molecule has 0 radical (unpaired) electrons. The van der Waals surface area contributed by atoms with E-state index >= 15 is 0 Å². The molecule has 2 atom stereocenters. The standard InChI is InChI=1S/C18H22FNO/c1-4-21-18-12-8-6-10-16(18)14(3)20-13(2)15-9-5-7-11-17(15)19/h5-14,20H,4H2,1-3H3. The van der Waals surface area contributed by atoms with Crippen molar-refractivity contribution >= 4 is 0 Å². The Morgan fingerprint density at radius 3 is 2.19 bits per heavy atom. The van der Waals surface area contributed by atoms with Crippen molar-refractivity contribution in [1.82, 2.24) is 5.32 Å². The van der Waals surface area contributed by atoms with E-state index in [0.29, 0.717) is 12.2 Å². The summed E-state index contributed by atoms with van der Waals surface area (Å²) in [5.41, 5.74) is 1.76. The summed E-state index contributed by atoms with van der Waals surface area (Å²) >= 11 is 0. The van der Waals surface area contributed by atoms with Crippen LogP contribution < -0.4 is 10.1 Å². The molecule has 3 heteroatoms. The molecule has 2 nitrogen and oxygen atoms in total. The maximum atomic E-state index is 13.8. The van der Waals surface area contributed by atoms with Gasteiger partial charge in [0, 0.05) is 23.2 Å². The average Bonchev–Trinajstić information content (AvgIpc) is 2.48. The molecule has 0 aliphatic heterocycles. The zero-order valence-electron chi connectivity index (χ0n) is 12.8. The molecule has 1 N–H and O–H groups in total. The number of rotatable bonds is 6. The Morgan fingerprint density at radius 1 is 0.952 bits per heavy atom. The van der Waals surface area contributed by atoms with E-state index in [0.717, 1.165) is 11.3 Å². The van der Waals surface area contributed by atoms with Crippen molar-refractivity contribution in [2.75, 3.05) is 6.61 Å². The summed E-state index contributed by atoms with van der Waals surface area (Å²) < 4.78 is 19.5. The number of para-hydroxylation sites is 1. The van der Waals surface area contributed by atoms with Crippen molar-refractivity contribution in [2.45, 2.75) is 32.9 Å². The number of nitrogens with one attached hydrogen (secondary N) is 1. The van der Waals surface area contributed by atoms with Crippen molar-refractivity contribution < 1.29 is 9.13 Å². The van der Waals surface area contributed by atoms with Gasteiger partial charge in [-0.15, -0.1) is 0 Å². The topological polar surface area (TPSA) is 21.3 Å². The Morgan fingerprint density at radius 2 is 1.52 bits per heavy atom. The minimum Gasteiger partial charge on any atom is -0.494 e. The number of hydrogen-bond acceptors (Lipinski definition) is 2. The summed E-state index contributed by atoms with van der Waals surface area (Å²) in [5.74, 6) is 0.698. The third kappa shape index (κ3) is 3.82. The minimum atomic E-state index is -0.178. The lowest BCUT2D eigenvalue weighted by molar-refractivity contribution is 0.330.